The fraction of sp³-hybridized carbons (Fsp3) is 0.348. The zero-order chi connectivity index (χ0) is 20.4. The molecule has 0 aromatic heterocycles. The fourth-order valence-electron chi connectivity index (χ4n) is 4.54. The second-order valence-corrected chi connectivity index (χ2v) is 8.36. The van der Waals surface area contributed by atoms with Crippen molar-refractivity contribution in [1.29, 1.82) is 0 Å². The number of Topliss-reactive ketones (excluding diaryl/α,β-unsaturated/α-hetero) is 1. The summed E-state index contributed by atoms with van der Waals surface area (Å²) < 4.78 is 0. The van der Waals surface area contributed by atoms with Crippen LogP contribution in [0.1, 0.15) is 52.7 Å². The van der Waals surface area contributed by atoms with Crippen molar-refractivity contribution in [1.82, 2.24) is 5.43 Å². The van der Waals surface area contributed by atoms with Gasteiger partial charge < -0.3 is 10.8 Å². The van der Waals surface area contributed by atoms with E-state index in [1.165, 1.54) is 5.56 Å². The minimum atomic E-state index is -1.31. The summed E-state index contributed by atoms with van der Waals surface area (Å²) in [5, 5.41) is 15.8. The van der Waals surface area contributed by atoms with E-state index in [0.29, 0.717) is 24.8 Å². The topological polar surface area (TPSA) is 87.7 Å². The second-order valence-electron chi connectivity index (χ2n) is 7.92. The highest BCUT2D eigenvalue weighted by Crippen LogP contribution is 2.36. The van der Waals surface area contributed by atoms with Crippen molar-refractivity contribution in [3.05, 3.63) is 70.8 Å². The molecule has 0 aliphatic heterocycles. The Morgan fingerprint density at radius 1 is 1.14 bits per heavy atom. The Hall–Kier alpha value is -2.57. The highest BCUT2D eigenvalue weighted by molar-refractivity contribution is 7.80. The van der Waals surface area contributed by atoms with E-state index in [0.717, 1.165) is 36.1 Å². The smallest absolute Gasteiger partial charge is 0.194 e. The molecule has 2 aliphatic rings. The van der Waals surface area contributed by atoms with Gasteiger partial charge in [0, 0.05) is 17.0 Å². The third kappa shape index (κ3) is 3.95. The summed E-state index contributed by atoms with van der Waals surface area (Å²) in [5.41, 5.74) is 11.9. The van der Waals surface area contributed by atoms with Crippen LogP contribution in [0.5, 0.6) is 0 Å². The molecule has 2 unspecified atom stereocenters. The number of aliphatic hydroxyl groups is 1. The van der Waals surface area contributed by atoms with Gasteiger partial charge in [-0.05, 0) is 61.9 Å². The van der Waals surface area contributed by atoms with Crippen LogP contribution >= 0.6 is 12.2 Å². The van der Waals surface area contributed by atoms with Gasteiger partial charge in [0.15, 0.2) is 10.9 Å². The van der Waals surface area contributed by atoms with Gasteiger partial charge in [-0.15, -0.1) is 0 Å². The van der Waals surface area contributed by atoms with Crippen LogP contribution in [0.15, 0.2) is 53.6 Å². The molecule has 6 heteroatoms. The quantitative estimate of drug-likeness (QED) is 0.535. The van der Waals surface area contributed by atoms with Crippen LogP contribution in [-0.4, -0.2) is 27.3 Å². The number of rotatable bonds is 4. The second kappa shape index (κ2) is 8.05. The van der Waals surface area contributed by atoms with Crippen molar-refractivity contribution in [2.45, 2.75) is 44.1 Å². The predicted molar refractivity (Wildman–Crippen MR) is 118 cm³/mol. The number of nitrogens with one attached hydrogen (secondary N) is 1. The van der Waals surface area contributed by atoms with Crippen molar-refractivity contribution < 1.29 is 9.90 Å². The van der Waals surface area contributed by atoms with Gasteiger partial charge in [0.1, 0.15) is 5.60 Å². The van der Waals surface area contributed by atoms with Crippen molar-refractivity contribution in [3.63, 3.8) is 0 Å². The van der Waals surface area contributed by atoms with Crippen LogP contribution in [0.25, 0.3) is 0 Å². The van der Waals surface area contributed by atoms with Crippen molar-refractivity contribution in [2.24, 2.45) is 16.8 Å². The van der Waals surface area contributed by atoms with E-state index >= 15 is 0 Å². The van der Waals surface area contributed by atoms with Gasteiger partial charge in [-0.1, -0.05) is 48.5 Å². The zero-order valence-corrected chi connectivity index (χ0v) is 17.0. The first kappa shape index (κ1) is 19.7. The average Bonchev–Trinajstić information content (AvgIpc) is 2.74. The lowest BCUT2D eigenvalue weighted by Gasteiger charge is -2.34. The summed E-state index contributed by atoms with van der Waals surface area (Å²) in [6.07, 6.45) is 4.13. The number of hydrazone groups is 1. The lowest BCUT2D eigenvalue weighted by Crippen LogP contribution is -2.43. The van der Waals surface area contributed by atoms with Crippen molar-refractivity contribution in [2.75, 3.05) is 0 Å². The van der Waals surface area contributed by atoms with Crippen LogP contribution in [0.2, 0.25) is 0 Å². The standard InChI is InChI=1S/C23H25N3O2S/c24-22(29)26-25-20-17(10-9-15-5-1-3-7-18(15)20)12-14-23(28)13-11-16-6-2-4-8-19(16)21(23)27/h1-8,17,28H,9-14H2,(H3,24,26,29)/b25-20-. The summed E-state index contributed by atoms with van der Waals surface area (Å²) in [6.45, 7) is 0. The Labute approximate surface area is 176 Å². The predicted octanol–water partition coefficient (Wildman–Crippen LogP) is 3.13. The number of fused-ring (bicyclic) bond motifs is 2. The van der Waals surface area contributed by atoms with Crippen LogP contribution in [0.4, 0.5) is 0 Å². The first-order valence-corrected chi connectivity index (χ1v) is 10.5. The highest BCUT2D eigenvalue weighted by atomic mass is 32.1. The lowest BCUT2D eigenvalue weighted by molar-refractivity contribution is 0.0174. The molecule has 0 saturated heterocycles. The lowest BCUT2D eigenvalue weighted by atomic mass is 9.73. The Balaban J connectivity index is 1.55. The SMILES string of the molecule is NC(=S)N/N=C1\c2ccccc2CCC1CCC1(O)CCc2ccccc2C1=O. The first-order chi connectivity index (χ1) is 14.0. The molecule has 0 fully saturated rings. The number of benzene rings is 2. The number of nitrogens with zero attached hydrogens (tertiary/aromatic N) is 1. The van der Waals surface area contributed by atoms with E-state index in [1.54, 1.807) is 0 Å². The van der Waals surface area contributed by atoms with Crippen molar-refractivity contribution >= 4 is 28.8 Å². The summed E-state index contributed by atoms with van der Waals surface area (Å²) >= 11 is 4.91. The highest BCUT2D eigenvalue weighted by Gasteiger charge is 2.41. The van der Waals surface area contributed by atoms with Gasteiger partial charge >= 0.3 is 0 Å². The molecule has 0 bridgehead atoms. The van der Waals surface area contributed by atoms with E-state index < -0.39 is 5.60 Å². The van der Waals surface area contributed by atoms with Crippen molar-refractivity contribution in [3.8, 4) is 0 Å². The molecular weight excluding hydrogens is 382 g/mol. The maximum atomic E-state index is 13.0. The van der Waals surface area contributed by atoms with Gasteiger partial charge in [-0.25, -0.2) is 0 Å². The molecule has 0 radical (unpaired) electrons. The number of nitrogens with two attached hydrogens (primary N) is 1. The van der Waals surface area contributed by atoms with Gasteiger partial charge in [-0.3, -0.25) is 10.2 Å². The number of hydrogen-bond donors (Lipinski definition) is 3. The number of thiocarbonyl (C=S) groups is 1. The van der Waals surface area contributed by atoms with E-state index in [9.17, 15) is 9.90 Å². The molecule has 2 aliphatic carbocycles. The van der Waals surface area contributed by atoms with Crippen LogP contribution < -0.4 is 11.2 Å². The Morgan fingerprint density at radius 3 is 2.52 bits per heavy atom. The minimum Gasteiger partial charge on any atom is -0.382 e. The molecule has 4 rings (SSSR count). The number of carbonyl (C=O) groups is 1. The van der Waals surface area contributed by atoms with E-state index in [-0.39, 0.29) is 16.8 Å². The molecule has 2 atom stereocenters. The number of carbonyl (C=O) groups excluding carboxylic acids is 1. The molecular formula is C23H25N3O2S. The van der Waals surface area contributed by atoms with E-state index in [1.807, 2.05) is 36.4 Å². The van der Waals surface area contributed by atoms with Gasteiger partial charge in [0.2, 0.25) is 0 Å². The molecule has 5 nitrogen and oxygen atoms in total. The number of aryl methyl sites for hydroxylation is 2. The fourth-order valence-corrected chi connectivity index (χ4v) is 4.59. The molecule has 29 heavy (non-hydrogen) atoms. The molecule has 2 aromatic carbocycles. The molecule has 0 spiro atoms. The maximum absolute atomic E-state index is 13.0. The van der Waals surface area contributed by atoms with Gasteiger partial charge in [-0.2, -0.15) is 5.10 Å². The molecule has 2 aromatic rings. The van der Waals surface area contributed by atoms with Gasteiger partial charge in [0.05, 0.1) is 5.71 Å². The zero-order valence-electron chi connectivity index (χ0n) is 16.2. The summed E-state index contributed by atoms with van der Waals surface area (Å²) in [5.74, 6) is -0.0314. The number of hydrogen-bond acceptors (Lipinski definition) is 4. The Morgan fingerprint density at radius 2 is 1.79 bits per heavy atom. The molecule has 0 saturated carbocycles. The summed E-state index contributed by atoms with van der Waals surface area (Å²) in [7, 11) is 0. The molecule has 150 valence electrons. The largest absolute Gasteiger partial charge is 0.382 e. The summed E-state index contributed by atoms with van der Waals surface area (Å²) in [6, 6.07) is 15.8. The minimum absolute atomic E-state index is 0.122. The third-order valence-electron chi connectivity index (χ3n) is 6.13. The Kier molecular flexibility index (Phi) is 5.48. The summed E-state index contributed by atoms with van der Waals surface area (Å²) in [4.78, 5) is 13.0. The first-order valence-electron chi connectivity index (χ1n) is 10.0. The monoisotopic (exact) mass is 407 g/mol. The van der Waals surface area contributed by atoms with Crippen LogP contribution in [-0.2, 0) is 12.8 Å². The third-order valence-corrected chi connectivity index (χ3v) is 6.22. The molecule has 0 heterocycles. The maximum Gasteiger partial charge on any atom is 0.194 e. The Bertz CT molecular complexity index is 988. The number of ketones is 1. The average molecular weight is 408 g/mol. The van der Waals surface area contributed by atoms with Crippen LogP contribution in [0.3, 0.4) is 0 Å². The molecule has 4 N–H and O–H groups in total. The van der Waals surface area contributed by atoms with E-state index in [2.05, 4.69) is 22.7 Å². The molecule has 0 amide bonds. The normalized spacial score (nSPS) is 24.7. The van der Waals surface area contributed by atoms with E-state index in [4.69, 9.17) is 18.0 Å². The van der Waals surface area contributed by atoms with Gasteiger partial charge in [0.25, 0.3) is 0 Å². The van der Waals surface area contributed by atoms with Crippen LogP contribution in [0, 0.1) is 5.92 Å².